The molecule has 0 saturated heterocycles. The van der Waals surface area contributed by atoms with Gasteiger partial charge in [0.15, 0.2) is 0 Å². The summed E-state index contributed by atoms with van der Waals surface area (Å²) in [5, 5.41) is 12.5. The first kappa shape index (κ1) is 17.8. The normalized spacial score (nSPS) is 15.7. The minimum absolute atomic E-state index is 0.0794. The van der Waals surface area contributed by atoms with Crippen molar-refractivity contribution in [3.05, 3.63) is 83.4 Å². The molecule has 28 heavy (non-hydrogen) atoms. The Balaban J connectivity index is 1.48. The molecule has 2 heterocycles. The molecule has 2 aromatic carbocycles. The van der Waals surface area contributed by atoms with Crippen molar-refractivity contribution in [1.82, 2.24) is 20.2 Å². The van der Waals surface area contributed by atoms with E-state index in [9.17, 15) is 14.7 Å². The third kappa shape index (κ3) is 3.59. The number of amides is 2. The number of hydrogen-bond donors (Lipinski definition) is 3. The quantitative estimate of drug-likeness (QED) is 0.649. The fourth-order valence-electron chi connectivity index (χ4n) is 3.47. The summed E-state index contributed by atoms with van der Waals surface area (Å²) in [4.78, 5) is 34.1. The number of H-pyrrole nitrogens is 1. The number of aromatic amines is 1. The number of phenolic OH excluding ortho intramolecular Hbond substituents is 1. The minimum Gasteiger partial charge on any atom is -0.508 e. The molecule has 1 aliphatic heterocycles. The molecule has 4 rings (SSSR count). The monoisotopic (exact) mass is 376 g/mol. The number of imidazole rings is 1. The lowest BCUT2D eigenvalue weighted by atomic mass is 9.90. The maximum absolute atomic E-state index is 12.7. The maximum atomic E-state index is 12.7. The first-order chi connectivity index (χ1) is 13.6. The Labute approximate surface area is 162 Å². The van der Waals surface area contributed by atoms with Crippen LogP contribution in [-0.4, -0.2) is 44.9 Å². The van der Waals surface area contributed by atoms with E-state index in [1.807, 2.05) is 12.1 Å². The van der Waals surface area contributed by atoms with Crippen molar-refractivity contribution >= 4 is 11.8 Å². The molecule has 0 saturated carbocycles. The summed E-state index contributed by atoms with van der Waals surface area (Å²) in [6, 6.07) is 15.8. The Morgan fingerprint density at radius 3 is 2.79 bits per heavy atom. The number of nitrogens with zero attached hydrogens (tertiary/aromatic N) is 2. The second kappa shape index (κ2) is 7.56. The maximum Gasteiger partial charge on any atom is 0.251 e. The van der Waals surface area contributed by atoms with E-state index < -0.39 is 0 Å². The number of aromatic hydroxyl groups is 1. The molecular weight excluding hydrogens is 356 g/mol. The average Bonchev–Trinajstić information content (AvgIpc) is 3.20. The molecule has 7 nitrogen and oxygen atoms in total. The van der Waals surface area contributed by atoms with Crippen molar-refractivity contribution in [1.29, 1.82) is 0 Å². The molecule has 7 heteroatoms. The van der Waals surface area contributed by atoms with Gasteiger partial charge in [0.25, 0.3) is 5.91 Å². The lowest BCUT2D eigenvalue weighted by molar-refractivity contribution is -0.131. The number of aromatic nitrogens is 2. The number of carbonyl (C=O) groups excluding carboxylic acids is 2. The third-order valence-electron chi connectivity index (χ3n) is 4.90. The first-order valence-electron chi connectivity index (χ1n) is 9.04. The highest BCUT2D eigenvalue weighted by atomic mass is 16.3. The number of rotatable bonds is 4. The average molecular weight is 376 g/mol. The van der Waals surface area contributed by atoms with Crippen LogP contribution >= 0.6 is 0 Å². The third-order valence-corrected chi connectivity index (χ3v) is 4.90. The van der Waals surface area contributed by atoms with Crippen molar-refractivity contribution in [3.63, 3.8) is 0 Å². The van der Waals surface area contributed by atoms with Crippen LogP contribution in [0.1, 0.15) is 33.2 Å². The van der Waals surface area contributed by atoms with Crippen LogP contribution in [0.25, 0.3) is 0 Å². The predicted molar refractivity (Wildman–Crippen MR) is 103 cm³/mol. The van der Waals surface area contributed by atoms with Crippen LogP contribution in [0.4, 0.5) is 0 Å². The molecular formula is C21H20N4O3. The van der Waals surface area contributed by atoms with Crippen molar-refractivity contribution in [3.8, 4) is 5.75 Å². The molecule has 3 aromatic rings. The topological polar surface area (TPSA) is 98.3 Å². The van der Waals surface area contributed by atoms with Crippen molar-refractivity contribution in [2.75, 3.05) is 13.1 Å². The highest BCUT2D eigenvalue weighted by Crippen LogP contribution is 2.32. The molecule has 1 unspecified atom stereocenters. The van der Waals surface area contributed by atoms with Gasteiger partial charge < -0.3 is 20.3 Å². The van der Waals surface area contributed by atoms with E-state index in [1.54, 1.807) is 53.7 Å². The summed E-state index contributed by atoms with van der Waals surface area (Å²) in [5.41, 5.74) is 3.15. The van der Waals surface area contributed by atoms with Gasteiger partial charge in [0.1, 0.15) is 5.75 Å². The van der Waals surface area contributed by atoms with Gasteiger partial charge in [-0.2, -0.15) is 0 Å². The fraction of sp³-hybridized carbons (Fsp3) is 0.190. The zero-order valence-electron chi connectivity index (χ0n) is 15.1. The van der Waals surface area contributed by atoms with E-state index in [2.05, 4.69) is 15.3 Å². The zero-order valence-corrected chi connectivity index (χ0v) is 15.1. The van der Waals surface area contributed by atoms with E-state index in [-0.39, 0.29) is 30.0 Å². The van der Waals surface area contributed by atoms with Gasteiger partial charge in [-0.3, -0.25) is 9.59 Å². The molecule has 0 fully saturated rings. The second-order valence-corrected chi connectivity index (χ2v) is 6.74. The summed E-state index contributed by atoms with van der Waals surface area (Å²) in [5.74, 6) is -0.420. The molecule has 3 N–H and O–H groups in total. The van der Waals surface area contributed by atoms with E-state index in [0.717, 1.165) is 17.0 Å². The van der Waals surface area contributed by atoms with E-state index in [4.69, 9.17) is 0 Å². The molecule has 1 aliphatic rings. The molecule has 2 amide bonds. The number of hydrogen-bond acceptors (Lipinski definition) is 4. The molecule has 1 aromatic heterocycles. The summed E-state index contributed by atoms with van der Waals surface area (Å²) in [6.45, 7) is 0.760. The number of carbonyl (C=O) groups is 2. The largest absolute Gasteiger partial charge is 0.508 e. The Kier molecular flexibility index (Phi) is 4.80. The Bertz CT molecular complexity index is 1000. The Hall–Kier alpha value is -3.61. The van der Waals surface area contributed by atoms with Gasteiger partial charge in [0, 0.05) is 18.0 Å². The van der Waals surface area contributed by atoms with Crippen molar-refractivity contribution < 1.29 is 14.7 Å². The molecule has 142 valence electrons. The van der Waals surface area contributed by atoms with Gasteiger partial charge in [-0.15, -0.1) is 0 Å². The van der Waals surface area contributed by atoms with Gasteiger partial charge in [-0.1, -0.05) is 30.3 Å². The second-order valence-electron chi connectivity index (χ2n) is 6.74. The molecule has 0 bridgehead atoms. The van der Waals surface area contributed by atoms with Crippen LogP contribution in [0.15, 0.2) is 60.9 Å². The first-order valence-corrected chi connectivity index (χ1v) is 9.04. The SMILES string of the molecule is O=C(NCC(=O)N1Cc2[nH]cnc2C(c2cccc(O)c2)C1)c1ccccc1. The Morgan fingerprint density at radius 1 is 1.18 bits per heavy atom. The summed E-state index contributed by atoms with van der Waals surface area (Å²) in [7, 11) is 0. The van der Waals surface area contributed by atoms with E-state index in [1.165, 1.54) is 0 Å². The fourth-order valence-corrected chi connectivity index (χ4v) is 3.47. The number of phenols is 1. The lowest BCUT2D eigenvalue weighted by Crippen LogP contribution is -2.44. The van der Waals surface area contributed by atoms with Crippen LogP contribution in [0.5, 0.6) is 5.75 Å². The highest BCUT2D eigenvalue weighted by Gasteiger charge is 2.31. The number of nitrogens with one attached hydrogen (secondary N) is 2. The molecule has 1 atom stereocenters. The zero-order chi connectivity index (χ0) is 19.5. The lowest BCUT2D eigenvalue weighted by Gasteiger charge is -2.32. The molecule has 0 radical (unpaired) electrons. The standard InChI is InChI=1S/C21H20N4O3/c26-16-8-4-7-15(9-16)17-11-25(12-18-20(17)24-13-23-18)19(27)10-22-21(28)14-5-2-1-3-6-14/h1-9,13,17,26H,10-12H2,(H,22,28)(H,23,24). The van der Waals surface area contributed by atoms with E-state index in [0.29, 0.717) is 18.7 Å². The minimum atomic E-state index is -0.280. The summed E-state index contributed by atoms with van der Waals surface area (Å²) < 4.78 is 0. The highest BCUT2D eigenvalue weighted by molar-refractivity contribution is 5.96. The summed E-state index contributed by atoms with van der Waals surface area (Å²) in [6.07, 6.45) is 1.62. The van der Waals surface area contributed by atoms with Crippen LogP contribution in [0, 0.1) is 0 Å². The molecule has 0 spiro atoms. The van der Waals surface area contributed by atoms with E-state index >= 15 is 0 Å². The molecule has 0 aliphatic carbocycles. The van der Waals surface area contributed by atoms with Gasteiger partial charge in [0.2, 0.25) is 5.91 Å². The van der Waals surface area contributed by atoms with Crippen LogP contribution < -0.4 is 5.32 Å². The van der Waals surface area contributed by atoms with Crippen LogP contribution in [-0.2, 0) is 11.3 Å². The number of fused-ring (bicyclic) bond motifs is 1. The smallest absolute Gasteiger partial charge is 0.251 e. The summed E-state index contributed by atoms with van der Waals surface area (Å²) >= 11 is 0. The van der Waals surface area contributed by atoms with Gasteiger partial charge >= 0.3 is 0 Å². The van der Waals surface area contributed by atoms with Crippen LogP contribution in [0.3, 0.4) is 0 Å². The van der Waals surface area contributed by atoms with Crippen molar-refractivity contribution in [2.24, 2.45) is 0 Å². The van der Waals surface area contributed by atoms with Gasteiger partial charge in [-0.05, 0) is 29.8 Å². The van der Waals surface area contributed by atoms with Gasteiger partial charge in [0.05, 0.1) is 30.8 Å². The van der Waals surface area contributed by atoms with Crippen molar-refractivity contribution in [2.45, 2.75) is 12.5 Å². The van der Waals surface area contributed by atoms with Crippen LogP contribution in [0.2, 0.25) is 0 Å². The Morgan fingerprint density at radius 2 is 2.00 bits per heavy atom. The number of benzene rings is 2. The van der Waals surface area contributed by atoms with Gasteiger partial charge in [-0.25, -0.2) is 4.98 Å². The predicted octanol–water partition coefficient (Wildman–Crippen LogP) is 2.02.